The lowest BCUT2D eigenvalue weighted by Gasteiger charge is -2.22. The van der Waals surface area contributed by atoms with Gasteiger partial charge in [0.15, 0.2) is 0 Å². The number of aryl methyl sites for hydroxylation is 1. The molecule has 2 aromatic carbocycles. The number of hydrogen-bond acceptors (Lipinski definition) is 6. The Balaban J connectivity index is 1.83. The van der Waals surface area contributed by atoms with Gasteiger partial charge in [0.05, 0.1) is 31.0 Å². The summed E-state index contributed by atoms with van der Waals surface area (Å²) in [6.07, 6.45) is 2.81. The molecule has 3 aromatic rings. The lowest BCUT2D eigenvalue weighted by Crippen LogP contribution is -2.39. The minimum absolute atomic E-state index is 0.0313. The molecule has 0 spiro atoms. The third-order valence-corrected chi connectivity index (χ3v) is 6.24. The molecule has 0 aliphatic heterocycles. The zero-order chi connectivity index (χ0) is 22.3. The Hall–Kier alpha value is -3.43. The van der Waals surface area contributed by atoms with Crippen LogP contribution in [0.2, 0.25) is 0 Å². The fraction of sp³-hybridized carbons (Fsp3) is 0.182. The number of rotatable bonds is 9. The van der Waals surface area contributed by atoms with Crippen molar-refractivity contribution < 1.29 is 22.4 Å². The van der Waals surface area contributed by atoms with Gasteiger partial charge in [-0.2, -0.15) is 9.41 Å². The maximum Gasteiger partial charge on any atom is 0.255 e. The monoisotopic (exact) mass is 441 g/mol. The summed E-state index contributed by atoms with van der Waals surface area (Å²) in [6, 6.07) is 17.0. The van der Waals surface area contributed by atoms with Crippen molar-refractivity contribution in [1.29, 1.82) is 0 Å². The van der Waals surface area contributed by atoms with E-state index >= 15 is 0 Å². The molecule has 9 heteroatoms. The Kier molecular flexibility index (Phi) is 7.22. The average molecular weight is 442 g/mol. The normalized spacial score (nSPS) is 11.7. The molecule has 0 saturated heterocycles. The van der Waals surface area contributed by atoms with Crippen molar-refractivity contribution in [2.75, 3.05) is 13.7 Å². The van der Waals surface area contributed by atoms with E-state index < -0.39 is 22.5 Å². The molecule has 1 N–H and O–H groups in total. The predicted molar refractivity (Wildman–Crippen MR) is 116 cm³/mol. The molecule has 0 saturated carbocycles. The zero-order valence-corrected chi connectivity index (χ0v) is 18.0. The molecule has 0 unspecified atom stereocenters. The van der Waals surface area contributed by atoms with Crippen LogP contribution in [-0.4, -0.2) is 38.5 Å². The molecule has 0 radical (unpaired) electrons. The van der Waals surface area contributed by atoms with E-state index in [0.29, 0.717) is 17.1 Å². The second kappa shape index (κ2) is 10.1. The first-order valence-electron chi connectivity index (χ1n) is 9.44. The highest BCUT2D eigenvalue weighted by Crippen LogP contribution is 2.24. The van der Waals surface area contributed by atoms with Crippen LogP contribution in [0.1, 0.15) is 16.9 Å². The van der Waals surface area contributed by atoms with Crippen LogP contribution in [0.4, 0.5) is 0 Å². The summed E-state index contributed by atoms with van der Waals surface area (Å²) in [7, 11) is -2.44. The SMILES string of the molecule is COc1ccc(S(=O)(=O)N(CC(=O)NN=Cc2ccco2)Cc2ccccc2)cc1C. The van der Waals surface area contributed by atoms with Crippen molar-refractivity contribution in [3.8, 4) is 5.75 Å². The molecule has 31 heavy (non-hydrogen) atoms. The van der Waals surface area contributed by atoms with Crippen LogP contribution in [0.25, 0.3) is 0 Å². The number of sulfonamides is 1. The first-order valence-corrected chi connectivity index (χ1v) is 10.9. The molecule has 3 rings (SSSR count). The number of amides is 1. The number of benzene rings is 2. The number of hydrogen-bond donors (Lipinski definition) is 1. The minimum Gasteiger partial charge on any atom is -0.496 e. The summed E-state index contributed by atoms with van der Waals surface area (Å²) < 4.78 is 38.1. The number of carbonyl (C=O) groups is 1. The van der Waals surface area contributed by atoms with Crippen molar-refractivity contribution in [2.24, 2.45) is 5.10 Å². The Bertz CT molecular complexity index is 1140. The summed E-state index contributed by atoms with van der Waals surface area (Å²) in [5.74, 6) is 0.467. The maximum absolute atomic E-state index is 13.3. The fourth-order valence-corrected chi connectivity index (χ4v) is 4.37. The van der Waals surface area contributed by atoms with Crippen molar-refractivity contribution in [2.45, 2.75) is 18.4 Å². The highest BCUT2D eigenvalue weighted by atomic mass is 32.2. The van der Waals surface area contributed by atoms with E-state index in [2.05, 4.69) is 10.5 Å². The molecule has 0 fully saturated rings. The van der Waals surface area contributed by atoms with Crippen molar-refractivity contribution in [3.05, 3.63) is 83.8 Å². The van der Waals surface area contributed by atoms with E-state index in [1.807, 2.05) is 18.2 Å². The zero-order valence-electron chi connectivity index (χ0n) is 17.2. The van der Waals surface area contributed by atoms with Crippen molar-refractivity contribution >= 4 is 22.1 Å². The molecule has 1 aromatic heterocycles. The average Bonchev–Trinajstić information content (AvgIpc) is 3.27. The number of nitrogens with one attached hydrogen (secondary N) is 1. The van der Waals surface area contributed by atoms with E-state index in [0.717, 1.165) is 9.87 Å². The van der Waals surface area contributed by atoms with Crippen LogP contribution in [0, 0.1) is 6.92 Å². The van der Waals surface area contributed by atoms with Crippen molar-refractivity contribution in [3.63, 3.8) is 0 Å². The van der Waals surface area contributed by atoms with Crippen LogP contribution < -0.4 is 10.2 Å². The quantitative estimate of drug-likeness (QED) is 0.406. The van der Waals surface area contributed by atoms with Gasteiger partial charge in [-0.05, 0) is 48.4 Å². The van der Waals surface area contributed by atoms with Gasteiger partial charge in [-0.15, -0.1) is 0 Å². The van der Waals surface area contributed by atoms with E-state index in [4.69, 9.17) is 9.15 Å². The van der Waals surface area contributed by atoms with Crippen LogP contribution in [0.15, 0.2) is 81.3 Å². The second-order valence-corrected chi connectivity index (χ2v) is 8.64. The number of carbonyl (C=O) groups excluding carboxylic acids is 1. The Morgan fingerprint density at radius 1 is 1.16 bits per heavy atom. The van der Waals surface area contributed by atoms with Crippen LogP contribution in [0.5, 0.6) is 5.75 Å². The minimum atomic E-state index is -3.96. The van der Waals surface area contributed by atoms with Crippen LogP contribution in [-0.2, 0) is 21.4 Å². The van der Waals surface area contributed by atoms with Gasteiger partial charge in [0.25, 0.3) is 5.91 Å². The Labute approximate surface area is 181 Å². The van der Waals surface area contributed by atoms with Gasteiger partial charge in [0, 0.05) is 6.54 Å². The van der Waals surface area contributed by atoms with Gasteiger partial charge in [-0.1, -0.05) is 30.3 Å². The maximum atomic E-state index is 13.3. The molecule has 1 heterocycles. The van der Waals surface area contributed by atoms with E-state index in [1.54, 1.807) is 37.3 Å². The summed E-state index contributed by atoms with van der Waals surface area (Å²) in [6.45, 7) is 1.39. The summed E-state index contributed by atoms with van der Waals surface area (Å²) in [5, 5.41) is 3.81. The largest absolute Gasteiger partial charge is 0.496 e. The molecule has 8 nitrogen and oxygen atoms in total. The van der Waals surface area contributed by atoms with Gasteiger partial charge in [-0.3, -0.25) is 4.79 Å². The highest BCUT2D eigenvalue weighted by Gasteiger charge is 2.27. The summed E-state index contributed by atoms with van der Waals surface area (Å²) in [5.41, 5.74) is 3.76. The number of furan rings is 1. The molecule has 0 atom stereocenters. The molecule has 0 aliphatic rings. The molecule has 0 aliphatic carbocycles. The van der Waals surface area contributed by atoms with Crippen LogP contribution >= 0.6 is 0 Å². The fourth-order valence-electron chi connectivity index (χ4n) is 2.90. The number of hydrazone groups is 1. The second-order valence-electron chi connectivity index (χ2n) is 6.70. The molecule has 0 bridgehead atoms. The highest BCUT2D eigenvalue weighted by molar-refractivity contribution is 7.89. The topological polar surface area (TPSA) is 101 Å². The molecule has 162 valence electrons. The van der Waals surface area contributed by atoms with Gasteiger partial charge < -0.3 is 9.15 Å². The predicted octanol–water partition coefficient (Wildman–Crippen LogP) is 2.94. The van der Waals surface area contributed by atoms with Gasteiger partial charge in [-0.25, -0.2) is 13.8 Å². The first-order chi connectivity index (χ1) is 14.9. The van der Waals surface area contributed by atoms with E-state index in [9.17, 15) is 13.2 Å². The van der Waals surface area contributed by atoms with Gasteiger partial charge >= 0.3 is 0 Å². The summed E-state index contributed by atoms with van der Waals surface area (Å²) in [4.78, 5) is 12.5. The third kappa shape index (κ3) is 5.80. The Morgan fingerprint density at radius 2 is 1.94 bits per heavy atom. The first kappa shape index (κ1) is 22.3. The van der Waals surface area contributed by atoms with Gasteiger partial charge in [0.1, 0.15) is 11.5 Å². The summed E-state index contributed by atoms with van der Waals surface area (Å²) >= 11 is 0. The van der Waals surface area contributed by atoms with E-state index in [-0.39, 0.29) is 11.4 Å². The molecule has 1 amide bonds. The standard InChI is InChI=1S/C22H23N3O5S/c1-17-13-20(10-11-21(17)29-2)31(27,28)25(15-18-7-4-3-5-8-18)16-22(26)24-23-14-19-9-6-12-30-19/h3-14H,15-16H2,1-2H3,(H,24,26). The number of methoxy groups -OCH3 is 1. The number of nitrogens with zero attached hydrogens (tertiary/aromatic N) is 2. The molecular weight excluding hydrogens is 418 g/mol. The number of ether oxygens (including phenoxy) is 1. The van der Waals surface area contributed by atoms with Gasteiger partial charge in [0.2, 0.25) is 10.0 Å². The van der Waals surface area contributed by atoms with Crippen molar-refractivity contribution in [1.82, 2.24) is 9.73 Å². The molecular formula is C22H23N3O5S. The smallest absolute Gasteiger partial charge is 0.255 e. The van der Waals surface area contributed by atoms with E-state index in [1.165, 1.54) is 31.7 Å². The lowest BCUT2D eigenvalue weighted by molar-refractivity contribution is -0.121. The Morgan fingerprint density at radius 3 is 2.58 bits per heavy atom. The van der Waals surface area contributed by atoms with Crippen LogP contribution in [0.3, 0.4) is 0 Å². The lowest BCUT2D eigenvalue weighted by atomic mass is 10.2. The third-order valence-electron chi connectivity index (χ3n) is 4.45.